The molecule has 0 saturated carbocycles. The molecular formula is C13H17BrClNO2. The maximum Gasteiger partial charge on any atom is 0.278 e. The van der Waals surface area contributed by atoms with Crippen molar-refractivity contribution in [2.45, 2.75) is 20.8 Å². The minimum Gasteiger partial charge on any atom is -0.274 e. The summed E-state index contributed by atoms with van der Waals surface area (Å²) in [6.45, 7) is 6.62. The molecule has 1 aromatic rings. The van der Waals surface area contributed by atoms with Crippen molar-refractivity contribution in [3.63, 3.8) is 0 Å². The van der Waals surface area contributed by atoms with Crippen LogP contribution in [0.4, 0.5) is 0 Å². The van der Waals surface area contributed by atoms with E-state index in [1.807, 2.05) is 20.8 Å². The lowest BCUT2D eigenvalue weighted by molar-refractivity contribution is -0.110. The molecule has 0 aliphatic rings. The van der Waals surface area contributed by atoms with Crippen molar-refractivity contribution >= 4 is 33.4 Å². The maximum absolute atomic E-state index is 12.3. The van der Waals surface area contributed by atoms with Gasteiger partial charge in [-0.2, -0.15) is 0 Å². The molecule has 0 heterocycles. The summed E-state index contributed by atoms with van der Waals surface area (Å²) in [4.78, 5) is 17.5. The SMILES string of the molecule is CON(CC(C)(C)C)C(=O)c1cc(Cl)ccc1Br. The zero-order chi connectivity index (χ0) is 13.9. The molecule has 0 atom stereocenters. The summed E-state index contributed by atoms with van der Waals surface area (Å²) in [7, 11) is 1.49. The molecule has 100 valence electrons. The van der Waals surface area contributed by atoms with Crippen LogP contribution in [-0.2, 0) is 4.84 Å². The second-order valence-electron chi connectivity index (χ2n) is 5.21. The molecule has 0 aromatic heterocycles. The number of hydrogen-bond acceptors (Lipinski definition) is 2. The van der Waals surface area contributed by atoms with Crippen LogP contribution in [0, 0.1) is 5.41 Å². The van der Waals surface area contributed by atoms with Gasteiger partial charge in [-0.1, -0.05) is 32.4 Å². The Labute approximate surface area is 121 Å². The number of halogens is 2. The van der Waals surface area contributed by atoms with Crippen LogP contribution in [0.2, 0.25) is 5.02 Å². The van der Waals surface area contributed by atoms with Crippen molar-refractivity contribution in [3.05, 3.63) is 33.3 Å². The van der Waals surface area contributed by atoms with Crippen LogP contribution in [0.1, 0.15) is 31.1 Å². The zero-order valence-corrected chi connectivity index (χ0v) is 13.3. The van der Waals surface area contributed by atoms with Crippen LogP contribution < -0.4 is 0 Å². The minimum absolute atomic E-state index is 0.0449. The van der Waals surface area contributed by atoms with Crippen molar-refractivity contribution in [2.24, 2.45) is 5.41 Å². The monoisotopic (exact) mass is 333 g/mol. The van der Waals surface area contributed by atoms with Crippen LogP contribution in [0.5, 0.6) is 0 Å². The highest BCUT2D eigenvalue weighted by molar-refractivity contribution is 9.10. The first-order valence-electron chi connectivity index (χ1n) is 5.55. The number of carbonyl (C=O) groups is 1. The molecule has 0 spiro atoms. The quantitative estimate of drug-likeness (QED) is 0.777. The van der Waals surface area contributed by atoms with E-state index in [0.717, 1.165) is 0 Å². The van der Waals surface area contributed by atoms with Crippen molar-refractivity contribution in [1.29, 1.82) is 0 Å². The molecule has 1 rings (SSSR count). The molecule has 18 heavy (non-hydrogen) atoms. The Morgan fingerprint density at radius 3 is 2.56 bits per heavy atom. The molecule has 5 heteroatoms. The molecule has 0 aliphatic carbocycles. The third-order valence-corrected chi connectivity index (χ3v) is 3.15. The van der Waals surface area contributed by atoms with Gasteiger partial charge >= 0.3 is 0 Å². The lowest BCUT2D eigenvalue weighted by atomic mass is 9.96. The third-order valence-electron chi connectivity index (χ3n) is 2.22. The van der Waals surface area contributed by atoms with E-state index in [4.69, 9.17) is 16.4 Å². The lowest BCUT2D eigenvalue weighted by Gasteiger charge is -2.28. The van der Waals surface area contributed by atoms with E-state index in [1.165, 1.54) is 12.2 Å². The summed E-state index contributed by atoms with van der Waals surface area (Å²) in [6.07, 6.45) is 0. The van der Waals surface area contributed by atoms with E-state index in [0.29, 0.717) is 21.6 Å². The molecule has 1 amide bonds. The number of rotatable bonds is 3. The van der Waals surface area contributed by atoms with E-state index in [2.05, 4.69) is 15.9 Å². The van der Waals surface area contributed by atoms with Crippen LogP contribution in [0.3, 0.4) is 0 Å². The van der Waals surface area contributed by atoms with Gasteiger partial charge in [0.25, 0.3) is 5.91 Å². The Bertz CT molecular complexity index is 443. The molecule has 3 nitrogen and oxygen atoms in total. The Morgan fingerprint density at radius 1 is 1.44 bits per heavy atom. The van der Waals surface area contributed by atoms with Gasteiger partial charge in [0.1, 0.15) is 0 Å². The fraction of sp³-hybridized carbons (Fsp3) is 0.462. The average Bonchev–Trinajstić information content (AvgIpc) is 2.27. The minimum atomic E-state index is -0.207. The van der Waals surface area contributed by atoms with Gasteiger partial charge in [-0.05, 0) is 39.5 Å². The van der Waals surface area contributed by atoms with Gasteiger partial charge in [-0.15, -0.1) is 0 Å². The van der Waals surface area contributed by atoms with E-state index in [1.54, 1.807) is 18.2 Å². The lowest BCUT2D eigenvalue weighted by Crippen LogP contribution is -2.37. The Morgan fingerprint density at radius 2 is 2.06 bits per heavy atom. The fourth-order valence-electron chi connectivity index (χ4n) is 1.45. The maximum atomic E-state index is 12.3. The normalized spacial score (nSPS) is 11.4. The first kappa shape index (κ1) is 15.5. The predicted molar refractivity (Wildman–Crippen MR) is 76.7 cm³/mol. The average molecular weight is 335 g/mol. The van der Waals surface area contributed by atoms with Gasteiger partial charge in [0, 0.05) is 9.50 Å². The number of hydrogen-bond donors (Lipinski definition) is 0. The van der Waals surface area contributed by atoms with Crippen molar-refractivity contribution in [1.82, 2.24) is 5.06 Å². The molecule has 0 fully saturated rings. The van der Waals surface area contributed by atoms with Gasteiger partial charge in [-0.25, -0.2) is 5.06 Å². The van der Waals surface area contributed by atoms with E-state index in [-0.39, 0.29) is 11.3 Å². The van der Waals surface area contributed by atoms with E-state index in [9.17, 15) is 4.79 Å². The van der Waals surface area contributed by atoms with Gasteiger partial charge in [0.15, 0.2) is 0 Å². The van der Waals surface area contributed by atoms with E-state index < -0.39 is 0 Å². The van der Waals surface area contributed by atoms with Gasteiger partial charge in [0.2, 0.25) is 0 Å². The predicted octanol–water partition coefficient (Wildman–Crippen LogP) is 4.15. The van der Waals surface area contributed by atoms with Crippen LogP contribution in [0.15, 0.2) is 22.7 Å². The molecule has 0 unspecified atom stereocenters. The summed E-state index contributed by atoms with van der Waals surface area (Å²) in [5.41, 5.74) is 0.449. The molecule has 1 aromatic carbocycles. The van der Waals surface area contributed by atoms with Crippen LogP contribution in [-0.4, -0.2) is 24.6 Å². The number of amides is 1. The van der Waals surface area contributed by atoms with Gasteiger partial charge in [0.05, 0.1) is 19.2 Å². The van der Waals surface area contributed by atoms with Gasteiger partial charge in [-0.3, -0.25) is 9.63 Å². The fourth-order valence-corrected chi connectivity index (χ4v) is 2.03. The van der Waals surface area contributed by atoms with Gasteiger partial charge < -0.3 is 0 Å². The summed E-state index contributed by atoms with van der Waals surface area (Å²) >= 11 is 9.26. The Kier molecular flexibility index (Phi) is 5.20. The van der Waals surface area contributed by atoms with Crippen molar-refractivity contribution in [2.75, 3.05) is 13.7 Å². The number of benzene rings is 1. The van der Waals surface area contributed by atoms with Crippen LogP contribution in [0.25, 0.3) is 0 Å². The Hall–Kier alpha value is -0.580. The molecule has 0 bridgehead atoms. The highest BCUT2D eigenvalue weighted by Crippen LogP contribution is 2.24. The number of carbonyl (C=O) groups excluding carboxylic acids is 1. The second-order valence-corrected chi connectivity index (χ2v) is 6.50. The summed E-state index contributed by atoms with van der Waals surface area (Å²) in [5.74, 6) is -0.207. The molecule has 0 N–H and O–H groups in total. The standard InChI is InChI=1S/C13H17BrClNO2/c1-13(2,3)8-16(18-4)12(17)10-7-9(15)5-6-11(10)14/h5-7H,8H2,1-4H3. The summed E-state index contributed by atoms with van der Waals surface area (Å²) < 4.78 is 0.702. The van der Waals surface area contributed by atoms with Crippen LogP contribution >= 0.6 is 27.5 Å². The highest BCUT2D eigenvalue weighted by Gasteiger charge is 2.23. The van der Waals surface area contributed by atoms with Crippen molar-refractivity contribution < 1.29 is 9.63 Å². The second kappa shape index (κ2) is 6.04. The first-order chi connectivity index (χ1) is 8.24. The third kappa shape index (κ3) is 4.26. The Balaban J connectivity index is 3.00. The number of hydroxylamine groups is 2. The molecule has 0 radical (unpaired) electrons. The molecular weight excluding hydrogens is 318 g/mol. The smallest absolute Gasteiger partial charge is 0.274 e. The van der Waals surface area contributed by atoms with E-state index >= 15 is 0 Å². The largest absolute Gasteiger partial charge is 0.278 e. The molecule has 0 aliphatic heterocycles. The summed E-state index contributed by atoms with van der Waals surface area (Å²) in [6, 6.07) is 5.10. The first-order valence-corrected chi connectivity index (χ1v) is 6.73. The topological polar surface area (TPSA) is 29.5 Å². The molecule has 0 saturated heterocycles. The number of nitrogens with zero attached hydrogens (tertiary/aromatic N) is 1. The summed E-state index contributed by atoms with van der Waals surface area (Å²) in [5, 5.41) is 1.87. The van der Waals surface area contributed by atoms with Crippen molar-refractivity contribution in [3.8, 4) is 0 Å². The zero-order valence-electron chi connectivity index (χ0n) is 11.0. The highest BCUT2D eigenvalue weighted by atomic mass is 79.9.